The number of nitrogens with one attached hydrogen (secondary N) is 2. The highest BCUT2D eigenvalue weighted by molar-refractivity contribution is 7.80. The van der Waals surface area contributed by atoms with E-state index in [0.29, 0.717) is 17.4 Å². The van der Waals surface area contributed by atoms with Crippen molar-refractivity contribution in [2.75, 3.05) is 0 Å². The van der Waals surface area contributed by atoms with Crippen LogP contribution in [0.2, 0.25) is 0 Å². The van der Waals surface area contributed by atoms with E-state index in [9.17, 15) is 8.78 Å². The van der Waals surface area contributed by atoms with Crippen LogP contribution in [0, 0.1) is 0 Å². The van der Waals surface area contributed by atoms with E-state index in [1.165, 1.54) is 12.1 Å². The highest BCUT2D eigenvalue weighted by Gasteiger charge is 2.05. The summed E-state index contributed by atoms with van der Waals surface area (Å²) >= 11 is 5.16. The largest absolute Gasteiger partial charge is 0.435 e. The Morgan fingerprint density at radius 3 is 2.42 bits per heavy atom. The number of ether oxygens (including phenoxy) is 1. The van der Waals surface area contributed by atoms with Gasteiger partial charge in [0.25, 0.3) is 0 Å². The van der Waals surface area contributed by atoms with Gasteiger partial charge in [-0.15, -0.1) is 0 Å². The van der Waals surface area contributed by atoms with Crippen LogP contribution in [-0.2, 0) is 6.54 Å². The second kappa shape index (κ2) is 8.93. The average molecular weight is 349 g/mol. The van der Waals surface area contributed by atoms with Crippen LogP contribution in [0.25, 0.3) is 0 Å². The van der Waals surface area contributed by atoms with Crippen molar-refractivity contribution < 1.29 is 13.5 Å². The van der Waals surface area contributed by atoms with Crippen LogP contribution in [0.4, 0.5) is 8.78 Å². The van der Waals surface area contributed by atoms with Gasteiger partial charge in [0.2, 0.25) is 0 Å². The number of benzene rings is 2. The zero-order valence-corrected chi connectivity index (χ0v) is 13.8. The van der Waals surface area contributed by atoms with Gasteiger partial charge in [0.15, 0.2) is 5.11 Å². The van der Waals surface area contributed by atoms with Crippen LogP contribution < -0.4 is 15.5 Å². The first kappa shape index (κ1) is 17.8. The minimum Gasteiger partial charge on any atom is -0.435 e. The van der Waals surface area contributed by atoms with Gasteiger partial charge in [-0.25, -0.2) is 0 Å². The number of hydrazone groups is 1. The van der Waals surface area contributed by atoms with Crippen molar-refractivity contribution in [3.8, 4) is 5.75 Å². The van der Waals surface area contributed by atoms with Gasteiger partial charge < -0.3 is 10.1 Å². The van der Waals surface area contributed by atoms with Crippen molar-refractivity contribution in [1.82, 2.24) is 10.7 Å². The summed E-state index contributed by atoms with van der Waals surface area (Å²) in [4.78, 5) is 0. The molecule has 0 fully saturated rings. The van der Waals surface area contributed by atoms with E-state index in [4.69, 9.17) is 12.2 Å². The van der Waals surface area contributed by atoms with Crippen molar-refractivity contribution in [1.29, 1.82) is 0 Å². The minimum absolute atomic E-state index is 0.106. The Kier molecular flexibility index (Phi) is 6.62. The van der Waals surface area contributed by atoms with E-state index in [2.05, 4.69) is 20.6 Å². The quantitative estimate of drug-likeness (QED) is 0.474. The summed E-state index contributed by atoms with van der Waals surface area (Å²) in [6.07, 6.45) is 0. The lowest BCUT2D eigenvalue weighted by molar-refractivity contribution is -0.0498. The Morgan fingerprint density at radius 2 is 1.79 bits per heavy atom. The standard InChI is InChI=1S/C17H17F2N3OS/c1-12(14-7-9-15(10-8-14)23-16(18)19)21-22-17(24)20-11-13-5-3-2-4-6-13/h2-10,16H,11H2,1H3,(H2,20,22,24)/b21-12-. The third kappa shape index (κ3) is 5.92. The molecular weight excluding hydrogens is 332 g/mol. The van der Waals surface area contributed by atoms with E-state index >= 15 is 0 Å². The molecule has 0 radical (unpaired) electrons. The number of rotatable bonds is 6. The van der Waals surface area contributed by atoms with Gasteiger partial charge >= 0.3 is 6.61 Å². The molecule has 0 aliphatic heterocycles. The molecule has 0 amide bonds. The van der Waals surface area contributed by atoms with Gasteiger partial charge in [0.05, 0.1) is 5.71 Å². The van der Waals surface area contributed by atoms with Crippen LogP contribution in [0.3, 0.4) is 0 Å². The molecular formula is C17H17F2N3OS. The van der Waals surface area contributed by atoms with E-state index in [0.717, 1.165) is 11.1 Å². The Labute approximate surface area is 144 Å². The van der Waals surface area contributed by atoms with Gasteiger partial charge in [-0.3, -0.25) is 5.43 Å². The molecule has 126 valence electrons. The fourth-order valence-corrected chi connectivity index (χ4v) is 2.01. The second-order valence-corrected chi connectivity index (χ2v) is 5.29. The van der Waals surface area contributed by atoms with E-state index in [1.807, 2.05) is 30.3 Å². The second-order valence-electron chi connectivity index (χ2n) is 4.88. The van der Waals surface area contributed by atoms with Gasteiger partial charge in [0, 0.05) is 6.54 Å². The highest BCUT2D eigenvalue weighted by Crippen LogP contribution is 2.15. The molecule has 0 spiro atoms. The molecule has 2 aromatic carbocycles. The van der Waals surface area contributed by atoms with Crippen LogP contribution in [-0.4, -0.2) is 17.4 Å². The van der Waals surface area contributed by atoms with Gasteiger partial charge in [0.1, 0.15) is 5.75 Å². The van der Waals surface area contributed by atoms with Crippen LogP contribution >= 0.6 is 12.2 Å². The molecule has 0 aliphatic rings. The molecule has 2 rings (SSSR count). The first-order valence-corrected chi connectivity index (χ1v) is 7.63. The Bertz CT molecular complexity index is 691. The van der Waals surface area contributed by atoms with Gasteiger partial charge in [-0.1, -0.05) is 30.3 Å². The summed E-state index contributed by atoms with van der Waals surface area (Å²) in [5, 5.41) is 7.62. The summed E-state index contributed by atoms with van der Waals surface area (Å²) in [6, 6.07) is 16.1. The third-order valence-electron chi connectivity index (χ3n) is 3.12. The van der Waals surface area contributed by atoms with Crippen LogP contribution in [0.5, 0.6) is 5.75 Å². The van der Waals surface area contributed by atoms with Crippen molar-refractivity contribution in [2.45, 2.75) is 20.1 Å². The summed E-state index contributed by atoms with van der Waals surface area (Å²) in [6.45, 7) is -0.447. The summed E-state index contributed by atoms with van der Waals surface area (Å²) in [5.41, 5.74) is 5.31. The zero-order valence-electron chi connectivity index (χ0n) is 13.0. The first-order valence-electron chi connectivity index (χ1n) is 7.22. The third-order valence-corrected chi connectivity index (χ3v) is 3.35. The lowest BCUT2D eigenvalue weighted by Crippen LogP contribution is -2.32. The molecule has 0 bridgehead atoms. The fraction of sp³-hybridized carbons (Fsp3) is 0.176. The fourth-order valence-electron chi connectivity index (χ4n) is 1.89. The van der Waals surface area contributed by atoms with Crippen molar-refractivity contribution in [3.63, 3.8) is 0 Å². The average Bonchev–Trinajstić information content (AvgIpc) is 2.59. The smallest absolute Gasteiger partial charge is 0.387 e. The predicted molar refractivity (Wildman–Crippen MR) is 94.3 cm³/mol. The minimum atomic E-state index is -2.83. The molecule has 0 heterocycles. The SMILES string of the molecule is C/C(=N/NC(=S)NCc1ccccc1)c1ccc(OC(F)F)cc1. The lowest BCUT2D eigenvalue weighted by Gasteiger charge is -2.09. The summed E-state index contributed by atoms with van der Waals surface area (Å²) in [7, 11) is 0. The van der Waals surface area contributed by atoms with Crippen molar-refractivity contribution in [2.24, 2.45) is 5.10 Å². The van der Waals surface area contributed by atoms with Crippen molar-refractivity contribution >= 4 is 23.0 Å². The van der Waals surface area contributed by atoms with Gasteiger partial charge in [-0.2, -0.15) is 13.9 Å². The molecule has 0 saturated heterocycles. The number of nitrogens with zero attached hydrogens (tertiary/aromatic N) is 1. The summed E-state index contributed by atoms with van der Waals surface area (Å²) in [5.74, 6) is 0.106. The predicted octanol–water partition coefficient (Wildman–Crippen LogP) is 3.68. The van der Waals surface area contributed by atoms with Gasteiger partial charge in [-0.05, 0) is 54.5 Å². The van der Waals surface area contributed by atoms with E-state index < -0.39 is 6.61 Å². The van der Waals surface area contributed by atoms with Crippen LogP contribution in [0.1, 0.15) is 18.1 Å². The topological polar surface area (TPSA) is 45.7 Å². The van der Waals surface area contributed by atoms with Crippen molar-refractivity contribution in [3.05, 3.63) is 65.7 Å². The normalized spacial score (nSPS) is 11.2. The molecule has 0 aromatic heterocycles. The monoisotopic (exact) mass is 349 g/mol. The molecule has 0 unspecified atom stereocenters. The number of hydrogen-bond donors (Lipinski definition) is 2. The van der Waals surface area contributed by atoms with E-state index in [-0.39, 0.29) is 5.75 Å². The molecule has 4 nitrogen and oxygen atoms in total. The molecule has 0 saturated carbocycles. The molecule has 2 N–H and O–H groups in total. The summed E-state index contributed by atoms with van der Waals surface area (Å²) < 4.78 is 28.5. The zero-order chi connectivity index (χ0) is 17.4. The maximum Gasteiger partial charge on any atom is 0.387 e. The molecule has 0 aliphatic carbocycles. The maximum atomic E-state index is 12.1. The van der Waals surface area contributed by atoms with E-state index in [1.54, 1.807) is 19.1 Å². The number of thiocarbonyl (C=S) groups is 1. The number of alkyl halides is 2. The molecule has 7 heteroatoms. The molecule has 0 atom stereocenters. The number of halogens is 2. The Hall–Kier alpha value is -2.54. The highest BCUT2D eigenvalue weighted by atomic mass is 32.1. The Balaban J connectivity index is 1.85. The van der Waals surface area contributed by atoms with Crippen LogP contribution in [0.15, 0.2) is 59.7 Å². The molecule has 2 aromatic rings. The molecule has 24 heavy (non-hydrogen) atoms. The Morgan fingerprint density at radius 1 is 1.12 bits per heavy atom. The number of hydrogen-bond acceptors (Lipinski definition) is 3. The first-order chi connectivity index (χ1) is 11.5. The maximum absolute atomic E-state index is 12.1. The lowest BCUT2D eigenvalue weighted by atomic mass is 10.1.